The highest BCUT2D eigenvalue weighted by Crippen LogP contribution is 2.29. The molecule has 24 heavy (non-hydrogen) atoms. The number of benzene rings is 1. The van der Waals surface area contributed by atoms with Gasteiger partial charge in [-0.05, 0) is 37.6 Å². The molecule has 0 bridgehead atoms. The minimum atomic E-state index is -4.69. The Labute approximate surface area is 136 Å². The van der Waals surface area contributed by atoms with E-state index in [9.17, 15) is 18.0 Å². The van der Waals surface area contributed by atoms with Crippen LogP contribution in [-0.4, -0.2) is 28.8 Å². The van der Waals surface area contributed by atoms with Gasteiger partial charge in [0.15, 0.2) is 0 Å². The number of carbonyl (C=O) groups excluding carboxylic acids is 1. The van der Waals surface area contributed by atoms with Gasteiger partial charge in [0, 0.05) is 11.3 Å². The second kappa shape index (κ2) is 7.43. The van der Waals surface area contributed by atoms with Crippen molar-refractivity contribution in [2.75, 3.05) is 11.9 Å². The molecule has 1 amide bonds. The van der Waals surface area contributed by atoms with Crippen molar-refractivity contribution in [1.82, 2.24) is 10.1 Å². The Morgan fingerprint density at radius 2 is 2.00 bits per heavy atom. The van der Waals surface area contributed by atoms with Crippen molar-refractivity contribution >= 4 is 11.6 Å². The van der Waals surface area contributed by atoms with E-state index in [1.165, 1.54) is 24.3 Å². The summed E-state index contributed by atoms with van der Waals surface area (Å²) < 4.78 is 46.7. The maximum Gasteiger partial charge on any atom is 0.471 e. The fourth-order valence-electron chi connectivity index (χ4n) is 1.69. The molecule has 0 aliphatic rings. The van der Waals surface area contributed by atoms with Crippen molar-refractivity contribution in [3.8, 4) is 11.4 Å². The average Bonchev–Trinajstić information content (AvgIpc) is 3.03. The van der Waals surface area contributed by atoms with Crippen molar-refractivity contribution in [2.24, 2.45) is 0 Å². The second-order valence-corrected chi connectivity index (χ2v) is 5.08. The number of aromatic nitrogens is 2. The van der Waals surface area contributed by atoms with Crippen molar-refractivity contribution in [3.05, 3.63) is 30.2 Å². The first kappa shape index (κ1) is 17.9. The molecule has 1 N–H and O–H groups in total. The minimum absolute atomic E-state index is 0.0146. The van der Waals surface area contributed by atoms with Gasteiger partial charge in [-0.1, -0.05) is 12.1 Å². The quantitative estimate of drug-likeness (QED) is 0.868. The maximum atomic E-state index is 12.4. The van der Waals surface area contributed by atoms with Crippen LogP contribution < -0.4 is 5.32 Å². The molecule has 2 aromatic rings. The van der Waals surface area contributed by atoms with Gasteiger partial charge in [0.05, 0.1) is 6.10 Å². The predicted molar refractivity (Wildman–Crippen MR) is 79.1 cm³/mol. The second-order valence-electron chi connectivity index (χ2n) is 5.08. The number of nitrogens with zero attached hydrogens (tertiary/aromatic N) is 2. The molecular formula is C15H16F3N3O3. The normalized spacial score (nSPS) is 12.9. The Morgan fingerprint density at radius 1 is 1.33 bits per heavy atom. The van der Waals surface area contributed by atoms with E-state index in [4.69, 9.17) is 4.74 Å². The smallest absolute Gasteiger partial charge is 0.369 e. The molecule has 1 aromatic heterocycles. The first-order chi connectivity index (χ1) is 11.3. The standard InChI is InChI=1S/C15H16F3N3O3/c1-3-9(2)23-8-12(22)19-11-6-4-10(5-7-11)13-20-14(24-21-13)15(16,17)18/h4-7,9H,3,8H2,1-2H3,(H,19,22). The zero-order valence-corrected chi connectivity index (χ0v) is 13.1. The SMILES string of the molecule is CCC(C)OCC(=O)Nc1ccc(-c2noc(C(F)(F)F)n2)cc1. The molecule has 1 unspecified atom stereocenters. The highest BCUT2D eigenvalue weighted by Gasteiger charge is 2.38. The van der Waals surface area contributed by atoms with Crippen LogP contribution in [0.4, 0.5) is 18.9 Å². The van der Waals surface area contributed by atoms with Gasteiger partial charge in [-0.2, -0.15) is 18.2 Å². The van der Waals surface area contributed by atoms with Crippen LogP contribution in [0, 0.1) is 0 Å². The number of rotatable bonds is 6. The molecule has 1 atom stereocenters. The van der Waals surface area contributed by atoms with Crippen molar-refractivity contribution in [1.29, 1.82) is 0 Å². The Bertz CT molecular complexity index is 683. The van der Waals surface area contributed by atoms with E-state index in [0.29, 0.717) is 11.3 Å². The molecule has 0 aliphatic heterocycles. The van der Waals surface area contributed by atoms with Gasteiger partial charge in [-0.3, -0.25) is 4.79 Å². The zero-order chi connectivity index (χ0) is 17.7. The molecule has 2 rings (SSSR count). The van der Waals surface area contributed by atoms with E-state index < -0.39 is 12.1 Å². The maximum absolute atomic E-state index is 12.4. The van der Waals surface area contributed by atoms with Crippen LogP contribution in [0.1, 0.15) is 26.2 Å². The molecule has 6 nitrogen and oxygen atoms in total. The highest BCUT2D eigenvalue weighted by atomic mass is 19.4. The number of ether oxygens (including phenoxy) is 1. The van der Waals surface area contributed by atoms with E-state index >= 15 is 0 Å². The first-order valence-electron chi connectivity index (χ1n) is 7.22. The van der Waals surface area contributed by atoms with Crippen LogP contribution >= 0.6 is 0 Å². The lowest BCUT2D eigenvalue weighted by Gasteiger charge is -2.10. The summed E-state index contributed by atoms with van der Waals surface area (Å²) in [7, 11) is 0. The fourth-order valence-corrected chi connectivity index (χ4v) is 1.69. The van der Waals surface area contributed by atoms with Crippen molar-refractivity contribution in [2.45, 2.75) is 32.5 Å². The summed E-state index contributed by atoms with van der Waals surface area (Å²) in [6, 6.07) is 6.02. The number of halogens is 3. The molecule has 130 valence electrons. The van der Waals surface area contributed by atoms with Gasteiger partial charge in [0.25, 0.3) is 0 Å². The fraction of sp³-hybridized carbons (Fsp3) is 0.400. The van der Waals surface area contributed by atoms with Gasteiger partial charge in [0.2, 0.25) is 11.7 Å². The summed E-state index contributed by atoms with van der Waals surface area (Å²) in [5.74, 6) is -1.90. The summed E-state index contributed by atoms with van der Waals surface area (Å²) in [5, 5.41) is 5.91. The largest absolute Gasteiger partial charge is 0.471 e. The third-order valence-electron chi connectivity index (χ3n) is 3.17. The molecule has 0 spiro atoms. The number of hydrogen-bond donors (Lipinski definition) is 1. The van der Waals surface area contributed by atoms with Crippen molar-refractivity contribution < 1.29 is 27.2 Å². The Kier molecular flexibility index (Phi) is 5.55. The Morgan fingerprint density at radius 3 is 2.54 bits per heavy atom. The van der Waals surface area contributed by atoms with E-state index in [-0.39, 0.29) is 24.4 Å². The van der Waals surface area contributed by atoms with E-state index in [1.54, 1.807) is 0 Å². The third kappa shape index (κ3) is 4.79. The lowest BCUT2D eigenvalue weighted by Crippen LogP contribution is -2.21. The Hall–Kier alpha value is -2.42. The summed E-state index contributed by atoms with van der Waals surface area (Å²) in [6.45, 7) is 3.74. The number of hydrogen-bond acceptors (Lipinski definition) is 5. The zero-order valence-electron chi connectivity index (χ0n) is 13.1. The minimum Gasteiger partial charge on any atom is -0.369 e. The molecule has 9 heteroatoms. The molecule has 0 fully saturated rings. The molecule has 0 saturated heterocycles. The monoisotopic (exact) mass is 343 g/mol. The molecule has 0 radical (unpaired) electrons. The predicted octanol–water partition coefficient (Wildman–Crippen LogP) is 3.51. The molecular weight excluding hydrogens is 327 g/mol. The van der Waals surface area contributed by atoms with Gasteiger partial charge in [0.1, 0.15) is 6.61 Å². The number of anilines is 1. The number of carbonyl (C=O) groups is 1. The first-order valence-corrected chi connectivity index (χ1v) is 7.22. The van der Waals surface area contributed by atoms with Crippen LogP contribution in [-0.2, 0) is 15.7 Å². The number of nitrogens with one attached hydrogen (secondary N) is 1. The van der Waals surface area contributed by atoms with Crippen LogP contribution in [0.5, 0.6) is 0 Å². The van der Waals surface area contributed by atoms with Gasteiger partial charge in [-0.25, -0.2) is 0 Å². The molecule has 0 aliphatic carbocycles. The topological polar surface area (TPSA) is 77.2 Å². The lowest BCUT2D eigenvalue weighted by atomic mass is 10.2. The summed E-state index contributed by atoms with van der Waals surface area (Å²) in [6.07, 6.45) is -3.90. The van der Waals surface area contributed by atoms with Crippen molar-refractivity contribution in [3.63, 3.8) is 0 Å². The highest BCUT2D eigenvalue weighted by molar-refractivity contribution is 5.91. The number of amides is 1. The van der Waals surface area contributed by atoms with E-state index in [0.717, 1.165) is 6.42 Å². The summed E-state index contributed by atoms with van der Waals surface area (Å²) >= 11 is 0. The third-order valence-corrected chi connectivity index (χ3v) is 3.17. The van der Waals surface area contributed by atoms with E-state index in [2.05, 4.69) is 20.0 Å². The summed E-state index contributed by atoms with van der Waals surface area (Å²) in [4.78, 5) is 15.0. The van der Waals surface area contributed by atoms with Gasteiger partial charge < -0.3 is 14.6 Å². The van der Waals surface area contributed by atoms with Crippen LogP contribution in [0.15, 0.2) is 28.8 Å². The van der Waals surface area contributed by atoms with Crippen LogP contribution in [0.2, 0.25) is 0 Å². The van der Waals surface area contributed by atoms with Crippen LogP contribution in [0.3, 0.4) is 0 Å². The Balaban J connectivity index is 1.98. The molecule has 1 heterocycles. The molecule has 1 aromatic carbocycles. The van der Waals surface area contributed by atoms with Crippen LogP contribution in [0.25, 0.3) is 11.4 Å². The molecule has 0 saturated carbocycles. The summed E-state index contributed by atoms with van der Waals surface area (Å²) in [5.41, 5.74) is 0.819. The average molecular weight is 343 g/mol. The van der Waals surface area contributed by atoms with Gasteiger partial charge >= 0.3 is 12.1 Å². The lowest BCUT2D eigenvalue weighted by molar-refractivity contribution is -0.159. The van der Waals surface area contributed by atoms with Gasteiger partial charge in [-0.15, -0.1) is 0 Å². The number of alkyl halides is 3. The van der Waals surface area contributed by atoms with E-state index in [1.807, 2.05) is 13.8 Å².